The van der Waals surface area contributed by atoms with Crippen molar-refractivity contribution in [2.24, 2.45) is 0 Å². The van der Waals surface area contributed by atoms with E-state index in [0.29, 0.717) is 5.75 Å². The Bertz CT molecular complexity index is 769. The maximum atomic E-state index is 5.66. The van der Waals surface area contributed by atoms with Crippen LogP contribution < -0.4 is 9.47 Å². The molecule has 0 aliphatic carbocycles. The summed E-state index contributed by atoms with van der Waals surface area (Å²) in [5.74, 6) is 7.02. The average molecular weight is 322 g/mol. The number of hydrogen-bond acceptors (Lipinski definition) is 4. The van der Waals surface area contributed by atoms with Gasteiger partial charge >= 0.3 is 0 Å². The van der Waals surface area contributed by atoms with Crippen molar-refractivity contribution in [2.45, 2.75) is 11.0 Å². The summed E-state index contributed by atoms with van der Waals surface area (Å²) in [6.07, 6.45) is 4.89. The van der Waals surface area contributed by atoms with Gasteiger partial charge in [0.25, 0.3) is 0 Å². The van der Waals surface area contributed by atoms with Crippen molar-refractivity contribution in [3.63, 3.8) is 0 Å². The quantitative estimate of drug-likeness (QED) is 0.631. The molecule has 0 spiro atoms. The maximum absolute atomic E-state index is 5.66. The van der Waals surface area contributed by atoms with E-state index in [1.54, 1.807) is 0 Å². The third-order valence-electron chi connectivity index (χ3n) is 3.13. The van der Waals surface area contributed by atoms with E-state index in [9.17, 15) is 0 Å². The van der Waals surface area contributed by atoms with Gasteiger partial charge in [-0.1, -0.05) is 36.1 Å². The molecule has 1 heterocycles. The number of ether oxygens (including phenoxy) is 3. The molecule has 3 rings (SSSR count). The molecule has 1 unspecified atom stereocenters. The van der Waals surface area contributed by atoms with Gasteiger partial charge in [0, 0.05) is 4.90 Å². The van der Waals surface area contributed by atoms with Crippen molar-refractivity contribution in [3.05, 3.63) is 54.1 Å². The highest BCUT2D eigenvalue weighted by atomic mass is 32.2. The molecule has 0 radical (unpaired) electrons. The van der Waals surface area contributed by atoms with E-state index in [0.717, 1.165) is 16.2 Å². The van der Waals surface area contributed by atoms with Gasteiger partial charge in [-0.25, -0.2) is 0 Å². The minimum atomic E-state index is -0.406. The molecule has 3 nitrogen and oxygen atoms in total. The van der Waals surface area contributed by atoms with Crippen molar-refractivity contribution in [1.29, 1.82) is 0 Å². The number of rotatable bonds is 4. The van der Waals surface area contributed by atoms with Gasteiger partial charge in [-0.15, -0.1) is 6.42 Å². The highest BCUT2D eigenvalue weighted by Gasteiger charge is 2.17. The van der Waals surface area contributed by atoms with E-state index in [1.807, 2.05) is 48.5 Å². The maximum Gasteiger partial charge on any atom is 0.231 e. The molecule has 0 saturated carbocycles. The van der Waals surface area contributed by atoms with Crippen LogP contribution in [0.15, 0.2) is 53.4 Å². The van der Waals surface area contributed by atoms with Crippen molar-refractivity contribution >= 4 is 11.8 Å². The molecule has 23 heavy (non-hydrogen) atoms. The predicted molar refractivity (Wildman–Crippen MR) is 90.2 cm³/mol. The van der Waals surface area contributed by atoms with Gasteiger partial charge < -0.3 is 14.2 Å². The number of fused-ring (bicyclic) bond motifs is 1. The molecule has 0 aromatic heterocycles. The highest BCUT2D eigenvalue weighted by molar-refractivity contribution is 8.03. The van der Waals surface area contributed by atoms with Crippen LogP contribution in [0, 0.1) is 23.5 Å². The second-order valence-corrected chi connectivity index (χ2v) is 5.55. The first-order valence-corrected chi connectivity index (χ1v) is 7.85. The zero-order valence-corrected chi connectivity index (χ0v) is 13.1. The van der Waals surface area contributed by atoms with E-state index in [4.69, 9.17) is 20.6 Å². The van der Waals surface area contributed by atoms with E-state index in [2.05, 4.69) is 17.1 Å². The van der Waals surface area contributed by atoms with E-state index in [-0.39, 0.29) is 13.4 Å². The van der Waals surface area contributed by atoms with Crippen LogP contribution in [0.2, 0.25) is 0 Å². The number of thioether (sulfide) groups is 1. The average Bonchev–Trinajstić information content (AvgIpc) is 3.06. The SMILES string of the molecule is C#CCOC(C#CSc1ccccc1)c1ccc2c(c1)OCO2. The Kier molecular flexibility index (Phi) is 5.11. The van der Waals surface area contributed by atoms with Crippen LogP contribution >= 0.6 is 11.8 Å². The van der Waals surface area contributed by atoms with Gasteiger partial charge in [0.15, 0.2) is 11.5 Å². The highest BCUT2D eigenvalue weighted by Crippen LogP contribution is 2.34. The molecule has 0 N–H and O–H groups in total. The van der Waals surface area contributed by atoms with Gasteiger partial charge in [-0.05, 0) is 46.8 Å². The zero-order chi connectivity index (χ0) is 15.9. The summed E-state index contributed by atoms with van der Waals surface area (Å²) in [6.45, 7) is 0.438. The Morgan fingerprint density at radius 3 is 2.78 bits per heavy atom. The van der Waals surface area contributed by atoms with Gasteiger partial charge in [0.2, 0.25) is 6.79 Å². The first kappa shape index (κ1) is 15.4. The fourth-order valence-electron chi connectivity index (χ4n) is 2.06. The van der Waals surface area contributed by atoms with Crippen molar-refractivity contribution in [3.8, 4) is 35.0 Å². The summed E-state index contributed by atoms with van der Waals surface area (Å²) in [5, 5.41) is 3.08. The fourth-order valence-corrected chi connectivity index (χ4v) is 2.64. The Morgan fingerprint density at radius 1 is 1.13 bits per heavy atom. The Hall–Kier alpha value is -2.53. The summed E-state index contributed by atoms with van der Waals surface area (Å²) in [6, 6.07) is 15.6. The van der Waals surface area contributed by atoms with Crippen LogP contribution in [0.3, 0.4) is 0 Å². The first-order valence-electron chi connectivity index (χ1n) is 7.04. The standard InChI is InChI=1S/C19H14O3S/c1-2-11-20-17(10-12-23-16-6-4-3-5-7-16)15-8-9-18-19(13-15)22-14-21-18/h1,3-9,13,17H,11,14H2. The molecule has 0 saturated heterocycles. The summed E-state index contributed by atoms with van der Waals surface area (Å²) in [5.41, 5.74) is 0.894. The molecular weight excluding hydrogens is 308 g/mol. The molecule has 1 aliphatic heterocycles. The van der Waals surface area contributed by atoms with Crippen LogP contribution in [-0.2, 0) is 4.74 Å². The lowest BCUT2D eigenvalue weighted by molar-refractivity contribution is 0.121. The topological polar surface area (TPSA) is 27.7 Å². The molecule has 0 fully saturated rings. The lowest BCUT2D eigenvalue weighted by Gasteiger charge is -2.11. The Labute approximate surface area is 139 Å². The summed E-state index contributed by atoms with van der Waals surface area (Å²) in [7, 11) is 0. The monoisotopic (exact) mass is 322 g/mol. The van der Waals surface area contributed by atoms with Gasteiger partial charge in [0.05, 0.1) is 0 Å². The molecule has 0 amide bonds. The molecule has 2 aromatic rings. The molecule has 4 heteroatoms. The molecule has 0 bridgehead atoms. The third kappa shape index (κ3) is 4.02. The van der Waals surface area contributed by atoms with E-state index < -0.39 is 6.10 Å². The summed E-state index contributed by atoms with van der Waals surface area (Å²) < 4.78 is 16.4. The summed E-state index contributed by atoms with van der Waals surface area (Å²) >= 11 is 1.45. The molecular formula is C19H14O3S. The van der Waals surface area contributed by atoms with Crippen LogP contribution in [0.4, 0.5) is 0 Å². The van der Waals surface area contributed by atoms with Crippen LogP contribution in [0.1, 0.15) is 11.7 Å². The lowest BCUT2D eigenvalue weighted by Crippen LogP contribution is -2.02. The zero-order valence-electron chi connectivity index (χ0n) is 12.3. The lowest BCUT2D eigenvalue weighted by atomic mass is 10.1. The second kappa shape index (κ2) is 7.65. The third-order valence-corrected chi connectivity index (χ3v) is 3.86. The minimum Gasteiger partial charge on any atom is -0.454 e. The molecule has 1 aliphatic rings. The van der Waals surface area contributed by atoms with Crippen molar-refractivity contribution in [2.75, 3.05) is 13.4 Å². The van der Waals surface area contributed by atoms with Crippen molar-refractivity contribution < 1.29 is 14.2 Å². The van der Waals surface area contributed by atoms with Gasteiger partial charge in [0.1, 0.15) is 12.7 Å². The first-order chi connectivity index (χ1) is 11.4. The fraction of sp³-hybridized carbons (Fsp3) is 0.158. The molecule has 1 atom stereocenters. The van der Waals surface area contributed by atoms with Crippen LogP contribution in [0.5, 0.6) is 11.5 Å². The summed E-state index contributed by atoms with van der Waals surface area (Å²) in [4.78, 5) is 1.08. The van der Waals surface area contributed by atoms with Crippen LogP contribution in [0.25, 0.3) is 0 Å². The van der Waals surface area contributed by atoms with Crippen molar-refractivity contribution in [1.82, 2.24) is 0 Å². The van der Waals surface area contributed by atoms with Gasteiger partial charge in [-0.3, -0.25) is 0 Å². The Balaban J connectivity index is 1.77. The number of benzene rings is 2. The largest absolute Gasteiger partial charge is 0.454 e. The molecule has 2 aromatic carbocycles. The smallest absolute Gasteiger partial charge is 0.231 e. The molecule has 114 valence electrons. The predicted octanol–water partition coefficient (Wildman–Crippen LogP) is 3.86. The normalized spacial score (nSPS) is 12.8. The second-order valence-electron chi connectivity index (χ2n) is 4.67. The number of terminal acetylenes is 1. The van der Waals surface area contributed by atoms with Gasteiger partial charge in [-0.2, -0.15) is 0 Å². The minimum absolute atomic E-state index is 0.198. The number of hydrogen-bond donors (Lipinski definition) is 0. The van der Waals surface area contributed by atoms with E-state index >= 15 is 0 Å². The van der Waals surface area contributed by atoms with E-state index in [1.165, 1.54) is 11.8 Å². The van der Waals surface area contributed by atoms with Crippen LogP contribution in [-0.4, -0.2) is 13.4 Å². The Morgan fingerprint density at radius 2 is 1.96 bits per heavy atom.